The van der Waals surface area contributed by atoms with Crippen LogP contribution in [0, 0.1) is 0 Å². The van der Waals surface area contributed by atoms with Crippen molar-refractivity contribution >= 4 is 11.9 Å². The van der Waals surface area contributed by atoms with Crippen molar-refractivity contribution in [3.05, 3.63) is 35.9 Å². The fraction of sp³-hybridized carbons (Fsp3) is 0.111. The Bertz CT molecular complexity index is 381. The van der Waals surface area contributed by atoms with E-state index in [9.17, 15) is 22.8 Å². The van der Waals surface area contributed by atoms with Gasteiger partial charge in [0.25, 0.3) is 0 Å². The second-order valence-corrected chi connectivity index (χ2v) is 2.54. The molecule has 0 atom stereocenters. The first-order valence-electron chi connectivity index (χ1n) is 3.79. The maximum absolute atomic E-state index is 11.7. The molecule has 0 aliphatic rings. The Morgan fingerprint density at radius 3 is 2.06 bits per heavy atom. The SMILES string of the molecule is O=C(OC(=O)C(F)(F)F)c1ccccc1.[H-].[Na+]. The van der Waals surface area contributed by atoms with Crippen molar-refractivity contribution in [3.8, 4) is 0 Å². The van der Waals surface area contributed by atoms with Gasteiger partial charge >= 0.3 is 47.7 Å². The second kappa shape index (κ2) is 6.03. The van der Waals surface area contributed by atoms with E-state index in [-0.39, 0.29) is 36.5 Å². The first-order valence-corrected chi connectivity index (χ1v) is 3.79. The molecular formula is C9H6F3NaO3. The molecular weight excluding hydrogens is 236 g/mol. The first-order chi connectivity index (χ1) is 6.91. The molecule has 0 heterocycles. The Labute approximate surface area is 112 Å². The van der Waals surface area contributed by atoms with Crippen molar-refractivity contribution < 1.29 is 58.5 Å². The maximum atomic E-state index is 11.7. The van der Waals surface area contributed by atoms with Crippen LogP contribution < -0.4 is 29.6 Å². The molecule has 0 N–H and O–H groups in total. The topological polar surface area (TPSA) is 43.4 Å². The van der Waals surface area contributed by atoms with Gasteiger partial charge in [0.15, 0.2) is 0 Å². The standard InChI is InChI=1S/C9H5F3O3.Na.H/c10-9(11,12)8(14)15-7(13)6-4-2-1-3-5-6;;/h1-5H;;/q;+1;-1. The second-order valence-electron chi connectivity index (χ2n) is 2.54. The molecule has 0 aromatic heterocycles. The summed E-state index contributed by atoms with van der Waals surface area (Å²) in [7, 11) is 0. The van der Waals surface area contributed by atoms with Crippen molar-refractivity contribution in [2.75, 3.05) is 0 Å². The van der Waals surface area contributed by atoms with Gasteiger partial charge in [0.2, 0.25) is 0 Å². The molecule has 16 heavy (non-hydrogen) atoms. The van der Waals surface area contributed by atoms with Crippen LogP contribution in [0.4, 0.5) is 13.2 Å². The maximum Gasteiger partial charge on any atom is 1.00 e. The largest absolute Gasteiger partial charge is 1.00 e. The number of hydrogen-bond acceptors (Lipinski definition) is 3. The van der Waals surface area contributed by atoms with Crippen molar-refractivity contribution in [2.45, 2.75) is 6.18 Å². The molecule has 0 bridgehead atoms. The molecule has 0 aliphatic carbocycles. The van der Waals surface area contributed by atoms with Crippen molar-refractivity contribution in [3.63, 3.8) is 0 Å². The molecule has 0 saturated heterocycles. The van der Waals surface area contributed by atoms with Crippen LogP contribution in [0.25, 0.3) is 0 Å². The summed E-state index contributed by atoms with van der Waals surface area (Å²) in [5.41, 5.74) is -0.116. The van der Waals surface area contributed by atoms with Crippen LogP contribution in [-0.2, 0) is 9.53 Å². The number of alkyl halides is 3. The van der Waals surface area contributed by atoms with Gasteiger partial charge < -0.3 is 6.16 Å². The summed E-state index contributed by atoms with van der Waals surface area (Å²) in [6.07, 6.45) is -5.16. The van der Waals surface area contributed by atoms with Gasteiger partial charge in [-0.05, 0) is 12.1 Å². The fourth-order valence-electron chi connectivity index (χ4n) is 0.775. The normalized spacial score (nSPS) is 10.2. The quantitative estimate of drug-likeness (QED) is 0.362. The third-order valence-electron chi connectivity index (χ3n) is 1.43. The molecule has 3 nitrogen and oxygen atoms in total. The van der Waals surface area contributed by atoms with E-state index in [4.69, 9.17) is 0 Å². The molecule has 0 saturated carbocycles. The van der Waals surface area contributed by atoms with Crippen LogP contribution in [0.3, 0.4) is 0 Å². The average Bonchev–Trinajstić information content (AvgIpc) is 2.17. The summed E-state index contributed by atoms with van der Waals surface area (Å²) >= 11 is 0. The van der Waals surface area contributed by atoms with E-state index >= 15 is 0 Å². The Morgan fingerprint density at radius 2 is 1.62 bits per heavy atom. The van der Waals surface area contributed by atoms with Crippen LogP contribution in [0.2, 0.25) is 0 Å². The Balaban J connectivity index is 0. The number of esters is 2. The van der Waals surface area contributed by atoms with Gasteiger partial charge in [-0.3, -0.25) is 0 Å². The molecule has 1 aromatic carbocycles. The van der Waals surface area contributed by atoms with Gasteiger partial charge in [0, 0.05) is 0 Å². The van der Waals surface area contributed by atoms with Crippen LogP contribution in [-0.4, -0.2) is 18.1 Å². The van der Waals surface area contributed by atoms with E-state index in [1.807, 2.05) is 0 Å². The summed E-state index contributed by atoms with van der Waals surface area (Å²) in [5, 5.41) is 0. The molecule has 0 unspecified atom stereocenters. The van der Waals surface area contributed by atoms with Crippen molar-refractivity contribution in [2.24, 2.45) is 0 Å². The summed E-state index contributed by atoms with van der Waals surface area (Å²) in [5.74, 6) is -3.84. The zero-order valence-corrected chi connectivity index (χ0v) is 10.2. The van der Waals surface area contributed by atoms with Crippen molar-refractivity contribution in [1.29, 1.82) is 0 Å². The molecule has 7 heteroatoms. The van der Waals surface area contributed by atoms with Crippen molar-refractivity contribution in [1.82, 2.24) is 0 Å². The average molecular weight is 242 g/mol. The Morgan fingerprint density at radius 1 is 1.12 bits per heavy atom. The van der Waals surface area contributed by atoms with Gasteiger partial charge in [0.1, 0.15) is 0 Å². The molecule has 82 valence electrons. The van der Waals surface area contributed by atoms with Crippen LogP contribution in [0.1, 0.15) is 11.8 Å². The molecule has 1 rings (SSSR count). The van der Waals surface area contributed by atoms with Crippen LogP contribution in [0.15, 0.2) is 30.3 Å². The number of ether oxygens (including phenoxy) is 1. The predicted octanol–water partition coefficient (Wildman–Crippen LogP) is -0.951. The summed E-state index contributed by atoms with van der Waals surface area (Å²) < 4.78 is 38.7. The number of carbonyl (C=O) groups is 2. The van der Waals surface area contributed by atoms with E-state index in [1.165, 1.54) is 24.3 Å². The van der Waals surface area contributed by atoms with E-state index in [2.05, 4.69) is 4.74 Å². The van der Waals surface area contributed by atoms with Crippen LogP contribution >= 0.6 is 0 Å². The van der Waals surface area contributed by atoms with Gasteiger partial charge in [0.05, 0.1) is 5.56 Å². The zero-order chi connectivity index (χ0) is 11.5. The third kappa shape index (κ3) is 4.34. The monoisotopic (exact) mass is 242 g/mol. The van der Waals surface area contributed by atoms with Crippen LogP contribution in [0.5, 0.6) is 0 Å². The minimum Gasteiger partial charge on any atom is -1.00 e. The third-order valence-corrected chi connectivity index (χ3v) is 1.43. The minimum atomic E-state index is -5.16. The number of hydrogen-bond donors (Lipinski definition) is 0. The molecule has 0 spiro atoms. The number of rotatable bonds is 1. The molecule has 1 aromatic rings. The number of benzene rings is 1. The van der Waals surface area contributed by atoms with E-state index < -0.39 is 18.1 Å². The van der Waals surface area contributed by atoms with E-state index in [0.717, 1.165) is 0 Å². The van der Waals surface area contributed by atoms with Gasteiger partial charge in [-0.25, -0.2) is 9.59 Å². The summed E-state index contributed by atoms with van der Waals surface area (Å²) in [6, 6.07) is 6.93. The fourth-order valence-corrected chi connectivity index (χ4v) is 0.775. The Kier molecular flexibility index (Phi) is 5.71. The molecule has 0 amide bonds. The van der Waals surface area contributed by atoms with E-state index in [0.29, 0.717) is 0 Å². The number of carbonyl (C=O) groups excluding carboxylic acids is 2. The minimum absolute atomic E-state index is 0. The molecule has 0 aliphatic heterocycles. The van der Waals surface area contributed by atoms with Gasteiger partial charge in [-0.15, -0.1) is 0 Å². The number of halogens is 3. The van der Waals surface area contributed by atoms with E-state index in [1.54, 1.807) is 6.07 Å². The molecule has 0 radical (unpaired) electrons. The Hall–Kier alpha value is -0.850. The van der Waals surface area contributed by atoms with Gasteiger partial charge in [-0.1, -0.05) is 18.2 Å². The predicted molar refractivity (Wildman–Crippen MR) is 44.0 cm³/mol. The van der Waals surface area contributed by atoms with Gasteiger partial charge in [-0.2, -0.15) is 13.2 Å². The molecule has 0 fully saturated rings. The summed E-state index contributed by atoms with van der Waals surface area (Å²) in [6.45, 7) is 0. The smallest absolute Gasteiger partial charge is 1.00 e. The first kappa shape index (κ1) is 15.2. The summed E-state index contributed by atoms with van der Waals surface area (Å²) in [4.78, 5) is 21.2. The zero-order valence-electron chi connectivity index (χ0n) is 9.25.